The van der Waals surface area contributed by atoms with Crippen molar-refractivity contribution >= 4 is 43.9 Å². The van der Waals surface area contributed by atoms with Crippen molar-refractivity contribution < 1.29 is 55.0 Å². The third kappa shape index (κ3) is 97.7. The van der Waals surface area contributed by atoms with E-state index in [4.69, 9.17) is 35.0 Å². The van der Waals surface area contributed by atoms with Crippen LogP contribution in [0.3, 0.4) is 0 Å². The van der Waals surface area contributed by atoms with E-state index in [0.29, 0.717) is 0 Å². The smallest absolute Gasteiger partial charge is 1.00 e. The van der Waals surface area contributed by atoms with E-state index in [1.807, 2.05) is 18.2 Å². The SMILES string of the molecule is O=S(=O)(O)O.O=S(=O)(O)O.[Cu].[H-].[H-].[Mg+2].c1ccncc1. The minimum atomic E-state index is -4.67. The van der Waals surface area contributed by atoms with E-state index in [2.05, 4.69) is 4.98 Å². The summed E-state index contributed by atoms with van der Waals surface area (Å²) in [6.45, 7) is 0. The first-order chi connectivity index (χ1) is 7.00. The monoisotopic (exact) mass is 364 g/mol. The topological polar surface area (TPSA) is 162 Å². The van der Waals surface area contributed by atoms with Crippen molar-refractivity contribution in [1.82, 2.24) is 4.98 Å². The molecule has 109 valence electrons. The van der Waals surface area contributed by atoms with Crippen molar-refractivity contribution in [3.8, 4) is 0 Å². The maximum atomic E-state index is 8.74. The molecule has 18 heavy (non-hydrogen) atoms. The third-order valence-electron chi connectivity index (χ3n) is 0.566. The van der Waals surface area contributed by atoms with Crippen LogP contribution in [0, 0.1) is 0 Å². The number of aromatic nitrogens is 1. The number of hydrogen-bond acceptors (Lipinski definition) is 5. The van der Waals surface area contributed by atoms with Gasteiger partial charge in [0.1, 0.15) is 0 Å². The molecule has 1 heterocycles. The zero-order valence-electron chi connectivity index (χ0n) is 10.6. The summed E-state index contributed by atoms with van der Waals surface area (Å²) in [6.07, 6.45) is 3.50. The first-order valence-electron chi connectivity index (χ1n) is 3.25. The molecule has 1 rings (SSSR count). The molecule has 0 aromatic carbocycles. The van der Waals surface area contributed by atoms with Gasteiger partial charge in [0.05, 0.1) is 0 Å². The van der Waals surface area contributed by atoms with Gasteiger partial charge in [-0.3, -0.25) is 23.2 Å². The summed E-state index contributed by atoms with van der Waals surface area (Å²) in [6, 6.07) is 5.72. The summed E-state index contributed by atoms with van der Waals surface area (Å²) in [4.78, 5) is 3.78. The fourth-order valence-electron chi connectivity index (χ4n) is 0.313. The molecule has 0 saturated heterocycles. The van der Waals surface area contributed by atoms with Crippen molar-refractivity contribution in [2.75, 3.05) is 0 Å². The minimum absolute atomic E-state index is 0. The Morgan fingerprint density at radius 1 is 0.778 bits per heavy atom. The maximum Gasteiger partial charge on any atom is 2.00 e. The van der Waals surface area contributed by atoms with Crippen LogP contribution in [0.1, 0.15) is 2.85 Å². The Hall–Kier alpha value is 0.176. The summed E-state index contributed by atoms with van der Waals surface area (Å²) in [5.74, 6) is 0. The molecule has 0 unspecified atom stereocenters. The van der Waals surface area contributed by atoms with Crippen LogP contribution < -0.4 is 0 Å². The van der Waals surface area contributed by atoms with Crippen LogP contribution >= 0.6 is 0 Å². The molecule has 0 atom stereocenters. The van der Waals surface area contributed by atoms with Gasteiger partial charge in [0, 0.05) is 29.5 Å². The van der Waals surface area contributed by atoms with E-state index in [1.165, 1.54) is 0 Å². The molecule has 0 fully saturated rings. The van der Waals surface area contributed by atoms with Crippen molar-refractivity contribution in [3.05, 3.63) is 30.6 Å². The summed E-state index contributed by atoms with van der Waals surface area (Å²) < 4.78 is 63.2. The normalized spacial score (nSPS) is 9.11. The zero-order chi connectivity index (χ0) is 13.2. The van der Waals surface area contributed by atoms with Gasteiger partial charge in [-0.1, -0.05) is 6.07 Å². The van der Waals surface area contributed by atoms with Crippen molar-refractivity contribution in [2.45, 2.75) is 0 Å². The van der Waals surface area contributed by atoms with Gasteiger partial charge in [-0.2, -0.15) is 16.8 Å². The summed E-state index contributed by atoms with van der Waals surface area (Å²) in [7, 11) is -9.33. The van der Waals surface area contributed by atoms with Crippen LogP contribution in [0.25, 0.3) is 0 Å². The van der Waals surface area contributed by atoms with Crippen LogP contribution in [-0.2, 0) is 37.9 Å². The van der Waals surface area contributed by atoms with E-state index >= 15 is 0 Å². The van der Waals surface area contributed by atoms with E-state index < -0.39 is 20.8 Å². The standard InChI is InChI=1S/C5H5N.Cu.Mg.2H2O4S.2H/c1-2-4-6-5-3-1;;;2*1-5(2,3)4;;/h1-5H;;;2*(H2,1,2,3,4);;/q;;+2;;;2*-1. The van der Waals surface area contributed by atoms with Crippen molar-refractivity contribution in [2.24, 2.45) is 0 Å². The number of hydrogen-bond donors (Lipinski definition) is 4. The molecule has 1 aromatic heterocycles. The quantitative estimate of drug-likeness (QED) is 0.354. The van der Waals surface area contributed by atoms with Crippen LogP contribution in [-0.4, -0.2) is 63.1 Å². The maximum absolute atomic E-state index is 8.74. The summed E-state index contributed by atoms with van der Waals surface area (Å²) >= 11 is 0. The van der Waals surface area contributed by atoms with E-state index in [-0.39, 0.29) is 43.0 Å². The second kappa shape index (κ2) is 13.6. The number of pyridine rings is 1. The van der Waals surface area contributed by atoms with Crippen LogP contribution in [0.4, 0.5) is 0 Å². The predicted octanol–water partition coefficient (Wildman–Crippen LogP) is -0.382. The Morgan fingerprint density at radius 2 is 1.00 bits per heavy atom. The average molecular weight is 365 g/mol. The minimum Gasteiger partial charge on any atom is -1.00 e. The van der Waals surface area contributed by atoms with Crippen molar-refractivity contribution in [1.29, 1.82) is 0 Å². The summed E-state index contributed by atoms with van der Waals surface area (Å²) in [5.41, 5.74) is 0. The van der Waals surface area contributed by atoms with Crippen molar-refractivity contribution in [3.63, 3.8) is 0 Å². The Labute approximate surface area is 134 Å². The number of rotatable bonds is 0. The largest absolute Gasteiger partial charge is 2.00 e. The molecule has 0 aliphatic heterocycles. The predicted molar refractivity (Wildman–Crippen MR) is 60.6 cm³/mol. The Bertz CT molecular complexity index is 400. The molecule has 0 saturated carbocycles. The Kier molecular flexibility index (Phi) is 20.2. The van der Waals surface area contributed by atoms with Gasteiger partial charge in [0.25, 0.3) is 0 Å². The molecule has 1 radical (unpaired) electrons. The number of nitrogens with zero attached hydrogens (tertiary/aromatic N) is 1. The van der Waals surface area contributed by atoms with Gasteiger partial charge in [0.2, 0.25) is 0 Å². The molecule has 9 nitrogen and oxygen atoms in total. The second-order valence-electron chi connectivity index (χ2n) is 1.92. The van der Waals surface area contributed by atoms with Crippen LogP contribution in [0.15, 0.2) is 30.6 Å². The molecule has 13 heteroatoms. The molecule has 1 aromatic rings. The molecule has 0 aliphatic carbocycles. The zero-order valence-corrected chi connectivity index (χ0v) is 12.6. The third-order valence-corrected chi connectivity index (χ3v) is 0.566. The van der Waals surface area contributed by atoms with Gasteiger partial charge in [0.15, 0.2) is 0 Å². The summed E-state index contributed by atoms with van der Waals surface area (Å²) in [5, 5.41) is 0. The molecule has 4 N–H and O–H groups in total. The molecule has 0 amide bonds. The molecule has 0 aliphatic rings. The molecular weight excluding hydrogens is 354 g/mol. The Morgan fingerprint density at radius 3 is 1.06 bits per heavy atom. The van der Waals surface area contributed by atoms with Gasteiger partial charge in [-0.05, 0) is 12.1 Å². The first-order valence-corrected chi connectivity index (χ1v) is 6.04. The second-order valence-corrected chi connectivity index (χ2v) is 3.71. The van der Waals surface area contributed by atoms with Crippen LogP contribution in [0.5, 0.6) is 0 Å². The van der Waals surface area contributed by atoms with E-state index in [0.717, 1.165) is 0 Å². The van der Waals surface area contributed by atoms with Crippen LogP contribution in [0.2, 0.25) is 0 Å². The van der Waals surface area contributed by atoms with Gasteiger partial charge in [-0.15, -0.1) is 0 Å². The average Bonchev–Trinajstić information content (AvgIpc) is 2.01. The van der Waals surface area contributed by atoms with Gasteiger partial charge in [-0.25, -0.2) is 0 Å². The van der Waals surface area contributed by atoms with E-state index in [1.54, 1.807) is 12.4 Å². The first kappa shape index (κ1) is 26.7. The molecule has 0 bridgehead atoms. The van der Waals surface area contributed by atoms with Gasteiger partial charge < -0.3 is 2.85 Å². The fourth-order valence-corrected chi connectivity index (χ4v) is 0.313. The van der Waals surface area contributed by atoms with E-state index in [9.17, 15) is 0 Å². The Balaban J connectivity index is -0.0000000337. The molecule has 0 spiro atoms. The fraction of sp³-hybridized carbons (Fsp3) is 0. The van der Waals surface area contributed by atoms with Gasteiger partial charge >= 0.3 is 43.9 Å². The molecular formula is C5H11CuMgNO8S2.